The lowest BCUT2D eigenvalue weighted by Crippen LogP contribution is -2.27. The summed E-state index contributed by atoms with van der Waals surface area (Å²) in [5.41, 5.74) is 5.11. The van der Waals surface area contributed by atoms with Crippen molar-refractivity contribution in [2.24, 2.45) is 5.41 Å². The van der Waals surface area contributed by atoms with Gasteiger partial charge in [-0.15, -0.1) is 0 Å². The number of fused-ring (bicyclic) bond motifs is 1. The van der Waals surface area contributed by atoms with Crippen LogP contribution in [0.4, 0.5) is 5.69 Å². The number of nitrogens with zero attached hydrogens (tertiary/aromatic N) is 1. The van der Waals surface area contributed by atoms with Crippen molar-refractivity contribution < 1.29 is 9.21 Å². The number of aromatic nitrogens is 1. The molecule has 0 fully saturated rings. The average molecular weight is 322 g/mol. The Labute approximate surface area is 141 Å². The Morgan fingerprint density at radius 3 is 2.46 bits per heavy atom. The maximum Gasteiger partial charge on any atom is 0.229 e. The van der Waals surface area contributed by atoms with Gasteiger partial charge in [0.25, 0.3) is 0 Å². The molecule has 3 aromatic rings. The van der Waals surface area contributed by atoms with Crippen molar-refractivity contribution in [3.63, 3.8) is 0 Å². The van der Waals surface area contributed by atoms with Crippen LogP contribution >= 0.6 is 0 Å². The summed E-state index contributed by atoms with van der Waals surface area (Å²) in [5, 5.41) is 2.92. The zero-order chi connectivity index (χ0) is 17.5. The van der Waals surface area contributed by atoms with E-state index in [0.29, 0.717) is 11.5 Å². The number of oxazole rings is 1. The number of hydrogen-bond donors (Lipinski definition) is 1. The first-order valence-electron chi connectivity index (χ1n) is 8.04. The first-order valence-corrected chi connectivity index (χ1v) is 8.04. The Balaban J connectivity index is 1.94. The number of hydrogen-bond acceptors (Lipinski definition) is 3. The van der Waals surface area contributed by atoms with Crippen molar-refractivity contribution in [3.05, 3.63) is 47.5 Å². The van der Waals surface area contributed by atoms with Gasteiger partial charge in [-0.25, -0.2) is 4.98 Å². The molecule has 0 radical (unpaired) electrons. The third-order valence-electron chi connectivity index (χ3n) is 4.08. The molecule has 4 heteroatoms. The fraction of sp³-hybridized carbons (Fsp3) is 0.300. The van der Waals surface area contributed by atoms with Crippen LogP contribution in [0, 0.1) is 19.3 Å². The van der Waals surface area contributed by atoms with Gasteiger partial charge in [0.15, 0.2) is 5.58 Å². The smallest absolute Gasteiger partial charge is 0.229 e. The molecule has 1 aromatic heterocycles. The van der Waals surface area contributed by atoms with E-state index in [2.05, 4.69) is 36.3 Å². The maximum atomic E-state index is 12.1. The molecule has 0 bridgehead atoms. The molecule has 0 spiro atoms. The number of aryl methyl sites for hydroxylation is 2. The summed E-state index contributed by atoms with van der Waals surface area (Å²) in [6.07, 6.45) is 0. The molecule has 1 amide bonds. The minimum Gasteiger partial charge on any atom is -0.436 e. The largest absolute Gasteiger partial charge is 0.436 e. The van der Waals surface area contributed by atoms with E-state index in [0.717, 1.165) is 16.8 Å². The molecule has 1 heterocycles. The van der Waals surface area contributed by atoms with Gasteiger partial charge in [0, 0.05) is 16.7 Å². The van der Waals surface area contributed by atoms with Crippen molar-refractivity contribution in [2.75, 3.05) is 5.32 Å². The highest BCUT2D eigenvalue weighted by Gasteiger charge is 2.21. The van der Waals surface area contributed by atoms with Crippen molar-refractivity contribution in [2.45, 2.75) is 34.6 Å². The molecule has 2 aromatic carbocycles. The summed E-state index contributed by atoms with van der Waals surface area (Å²) in [5.74, 6) is 0.562. The average Bonchev–Trinajstić information content (AvgIpc) is 2.92. The molecule has 0 aliphatic carbocycles. The topological polar surface area (TPSA) is 55.1 Å². The van der Waals surface area contributed by atoms with E-state index in [9.17, 15) is 4.79 Å². The van der Waals surface area contributed by atoms with E-state index < -0.39 is 5.41 Å². The molecule has 124 valence electrons. The van der Waals surface area contributed by atoms with Crippen molar-refractivity contribution in [3.8, 4) is 11.5 Å². The second kappa shape index (κ2) is 5.78. The highest BCUT2D eigenvalue weighted by Crippen LogP contribution is 2.28. The Kier molecular flexibility index (Phi) is 3.91. The lowest BCUT2D eigenvalue weighted by Gasteiger charge is -2.17. The fourth-order valence-corrected chi connectivity index (χ4v) is 2.32. The monoisotopic (exact) mass is 322 g/mol. The number of rotatable bonds is 2. The van der Waals surface area contributed by atoms with Crippen LogP contribution in [0.15, 0.2) is 40.8 Å². The summed E-state index contributed by atoms with van der Waals surface area (Å²) >= 11 is 0. The summed E-state index contributed by atoms with van der Waals surface area (Å²) in [4.78, 5) is 16.7. The lowest BCUT2D eigenvalue weighted by molar-refractivity contribution is -0.123. The van der Waals surface area contributed by atoms with E-state index in [1.807, 2.05) is 45.0 Å². The van der Waals surface area contributed by atoms with Crippen molar-refractivity contribution in [1.82, 2.24) is 4.98 Å². The number of anilines is 1. The molecule has 0 saturated carbocycles. The molecule has 0 unspecified atom stereocenters. The van der Waals surface area contributed by atoms with Gasteiger partial charge < -0.3 is 9.73 Å². The molecule has 24 heavy (non-hydrogen) atoms. The summed E-state index contributed by atoms with van der Waals surface area (Å²) < 4.78 is 5.85. The number of carbonyl (C=O) groups is 1. The van der Waals surface area contributed by atoms with Gasteiger partial charge >= 0.3 is 0 Å². The van der Waals surface area contributed by atoms with E-state index >= 15 is 0 Å². The van der Waals surface area contributed by atoms with Crippen LogP contribution in [0.5, 0.6) is 0 Å². The van der Waals surface area contributed by atoms with Crippen molar-refractivity contribution in [1.29, 1.82) is 0 Å². The molecule has 0 saturated heterocycles. The first-order chi connectivity index (χ1) is 11.2. The Hall–Kier alpha value is -2.62. The first kappa shape index (κ1) is 16.2. The third-order valence-corrected chi connectivity index (χ3v) is 4.08. The van der Waals surface area contributed by atoms with Gasteiger partial charge in [-0.2, -0.15) is 0 Å². The summed E-state index contributed by atoms with van der Waals surface area (Å²) in [7, 11) is 0. The highest BCUT2D eigenvalue weighted by atomic mass is 16.3. The Morgan fingerprint density at radius 1 is 1.04 bits per heavy atom. The van der Waals surface area contributed by atoms with Crippen LogP contribution in [0.1, 0.15) is 31.9 Å². The van der Waals surface area contributed by atoms with Crippen LogP contribution < -0.4 is 5.32 Å². The van der Waals surface area contributed by atoms with E-state index in [1.165, 1.54) is 11.1 Å². The van der Waals surface area contributed by atoms with Gasteiger partial charge in [0.1, 0.15) is 5.52 Å². The second-order valence-electron chi connectivity index (χ2n) is 7.20. The van der Waals surface area contributed by atoms with Crippen LogP contribution in [-0.2, 0) is 4.79 Å². The third kappa shape index (κ3) is 3.18. The molecule has 1 N–H and O–H groups in total. The molecule has 0 aliphatic heterocycles. The van der Waals surface area contributed by atoms with E-state index in [4.69, 9.17) is 4.42 Å². The lowest BCUT2D eigenvalue weighted by atomic mass is 9.95. The van der Waals surface area contributed by atoms with Crippen LogP contribution in [0.3, 0.4) is 0 Å². The minimum atomic E-state index is -0.441. The molecular weight excluding hydrogens is 300 g/mol. The number of nitrogens with one attached hydrogen (secondary N) is 1. The SMILES string of the molecule is Cc1ccc(-c2nc3cc(NC(=O)C(C)(C)C)ccc3o2)cc1C. The van der Waals surface area contributed by atoms with Crippen molar-refractivity contribution >= 4 is 22.7 Å². The fourth-order valence-electron chi connectivity index (χ4n) is 2.32. The van der Waals surface area contributed by atoms with Gasteiger partial charge in [0.05, 0.1) is 0 Å². The number of amides is 1. The second-order valence-corrected chi connectivity index (χ2v) is 7.20. The molecule has 0 atom stereocenters. The van der Waals surface area contributed by atoms with Crippen LogP contribution in [0.2, 0.25) is 0 Å². The predicted molar refractivity (Wildman–Crippen MR) is 97.0 cm³/mol. The quantitative estimate of drug-likeness (QED) is 0.714. The van der Waals surface area contributed by atoms with Gasteiger partial charge in [-0.05, 0) is 55.3 Å². The molecule has 3 rings (SSSR count). The minimum absolute atomic E-state index is 0.0280. The molecule has 0 aliphatic rings. The zero-order valence-electron chi connectivity index (χ0n) is 14.7. The summed E-state index contributed by atoms with van der Waals surface area (Å²) in [6, 6.07) is 11.7. The van der Waals surface area contributed by atoms with Gasteiger partial charge in [-0.1, -0.05) is 26.8 Å². The number of carbonyl (C=O) groups excluding carboxylic acids is 1. The normalized spacial score (nSPS) is 11.7. The summed E-state index contributed by atoms with van der Waals surface area (Å²) in [6.45, 7) is 9.80. The molecular formula is C20H22N2O2. The van der Waals surface area contributed by atoms with Crippen LogP contribution in [-0.4, -0.2) is 10.9 Å². The Morgan fingerprint density at radius 2 is 1.79 bits per heavy atom. The Bertz CT molecular complexity index is 917. The predicted octanol–water partition coefficient (Wildman–Crippen LogP) is 5.10. The zero-order valence-corrected chi connectivity index (χ0v) is 14.7. The highest BCUT2D eigenvalue weighted by molar-refractivity contribution is 5.96. The van der Waals surface area contributed by atoms with Gasteiger partial charge in [-0.3, -0.25) is 4.79 Å². The number of benzene rings is 2. The standard InChI is InChI=1S/C20H22N2O2/c1-12-6-7-14(10-13(12)2)18-22-16-11-15(8-9-17(16)24-18)21-19(23)20(3,4)5/h6-11H,1-5H3,(H,21,23). The van der Waals surface area contributed by atoms with Gasteiger partial charge in [0.2, 0.25) is 11.8 Å². The van der Waals surface area contributed by atoms with Crippen LogP contribution in [0.25, 0.3) is 22.6 Å². The van der Waals surface area contributed by atoms with E-state index in [-0.39, 0.29) is 5.91 Å². The molecule has 4 nitrogen and oxygen atoms in total. The van der Waals surface area contributed by atoms with E-state index in [1.54, 1.807) is 0 Å². The maximum absolute atomic E-state index is 12.1.